The van der Waals surface area contributed by atoms with Crippen LogP contribution in [0.4, 0.5) is 5.69 Å². The lowest BCUT2D eigenvalue weighted by atomic mass is 10.1. The number of nitrogens with zero attached hydrogens (tertiary/aromatic N) is 1. The fourth-order valence-corrected chi connectivity index (χ4v) is 1.25. The number of nitro benzene ring substituents is 1. The average Bonchev–Trinajstić information content (AvgIpc) is 2.26. The fraction of sp³-hybridized carbons (Fsp3) is 0.400. The molecule has 17 heavy (non-hydrogen) atoms. The number of non-ortho nitro benzene ring substituents is 1. The second kappa shape index (κ2) is 9.18. The summed E-state index contributed by atoms with van der Waals surface area (Å²) in [5.41, 5.74) is 12.2. The van der Waals surface area contributed by atoms with Gasteiger partial charge in [-0.2, -0.15) is 0 Å². The van der Waals surface area contributed by atoms with Gasteiger partial charge in [-0.3, -0.25) is 10.1 Å². The third-order valence-electron chi connectivity index (χ3n) is 2.25. The minimum absolute atomic E-state index is 0. The van der Waals surface area contributed by atoms with E-state index in [1.165, 1.54) is 12.1 Å². The van der Waals surface area contributed by atoms with Gasteiger partial charge >= 0.3 is 0 Å². The molecule has 0 aliphatic rings. The molecule has 98 valence electrons. The van der Waals surface area contributed by atoms with Gasteiger partial charge in [-0.1, -0.05) is 12.1 Å². The first-order chi connectivity index (χ1) is 7.13. The zero-order valence-electron chi connectivity index (χ0n) is 9.24. The Hall–Kier alpha value is -0.880. The van der Waals surface area contributed by atoms with Crippen LogP contribution in [0.2, 0.25) is 0 Å². The average molecular weight is 282 g/mol. The van der Waals surface area contributed by atoms with Crippen molar-refractivity contribution >= 4 is 30.5 Å². The zero-order valence-corrected chi connectivity index (χ0v) is 10.9. The maximum atomic E-state index is 10.4. The van der Waals surface area contributed by atoms with E-state index in [-0.39, 0.29) is 36.5 Å². The lowest BCUT2D eigenvalue weighted by molar-refractivity contribution is -0.384. The molecule has 0 heterocycles. The van der Waals surface area contributed by atoms with Crippen molar-refractivity contribution in [3.8, 4) is 0 Å². The highest BCUT2D eigenvalue weighted by atomic mass is 35.5. The van der Waals surface area contributed by atoms with Crippen molar-refractivity contribution in [1.82, 2.24) is 0 Å². The van der Waals surface area contributed by atoms with Gasteiger partial charge in [-0.05, 0) is 18.4 Å². The lowest BCUT2D eigenvalue weighted by Crippen LogP contribution is -2.29. The summed E-state index contributed by atoms with van der Waals surface area (Å²) in [5.74, 6) is 0. The minimum Gasteiger partial charge on any atom is -0.329 e. The van der Waals surface area contributed by atoms with Crippen LogP contribution in [0.5, 0.6) is 0 Å². The molecule has 0 aromatic heterocycles. The number of hydrogen-bond donors (Lipinski definition) is 2. The molecule has 0 amide bonds. The number of nitro groups is 1. The maximum Gasteiger partial charge on any atom is 0.269 e. The number of halogens is 2. The van der Waals surface area contributed by atoms with Gasteiger partial charge in [0.1, 0.15) is 0 Å². The van der Waals surface area contributed by atoms with Crippen LogP contribution in [-0.4, -0.2) is 17.5 Å². The largest absolute Gasteiger partial charge is 0.329 e. The van der Waals surface area contributed by atoms with Crippen molar-refractivity contribution in [3.05, 3.63) is 39.9 Å². The van der Waals surface area contributed by atoms with Crippen LogP contribution in [0.15, 0.2) is 24.3 Å². The SMILES string of the molecule is Cl.Cl.NCC(N)CCc1ccc([N+](=O)[O-])cc1. The standard InChI is InChI=1S/C10H15N3O2.2ClH/c11-7-9(12)4-1-8-2-5-10(6-3-8)13(14)15;;/h2-3,5-6,9H,1,4,7,11-12H2;2*1H. The highest BCUT2D eigenvalue weighted by Gasteiger charge is 2.05. The van der Waals surface area contributed by atoms with Gasteiger partial charge in [-0.25, -0.2) is 0 Å². The molecule has 4 N–H and O–H groups in total. The molecule has 1 rings (SSSR count). The van der Waals surface area contributed by atoms with E-state index in [0.29, 0.717) is 6.54 Å². The van der Waals surface area contributed by atoms with E-state index in [1.54, 1.807) is 12.1 Å². The van der Waals surface area contributed by atoms with Crippen molar-refractivity contribution in [2.24, 2.45) is 11.5 Å². The molecule has 5 nitrogen and oxygen atoms in total. The van der Waals surface area contributed by atoms with Crippen LogP contribution in [0, 0.1) is 10.1 Å². The van der Waals surface area contributed by atoms with E-state index in [1.807, 2.05) is 0 Å². The Morgan fingerprint density at radius 3 is 2.18 bits per heavy atom. The molecule has 0 aliphatic heterocycles. The summed E-state index contributed by atoms with van der Waals surface area (Å²) in [6.07, 6.45) is 1.60. The smallest absolute Gasteiger partial charge is 0.269 e. The monoisotopic (exact) mass is 281 g/mol. The van der Waals surface area contributed by atoms with Gasteiger partial charge in [0.05, 0.1) is 4.92 Å². The molecule has 0 saturated carbocycles. The second-order valence-electron chi connectivity index (χ2n) is 3.46. The molecule has 0 spiro atoms. The first-order valence-corrected chi connectivity index (χ1v) is 4.82. The minimum atomic E-state index is -0.407. The Balaban J connectivity index is 0. The van der Waals surface area contributed by atoms with Gasteiger partial charge in [0.25, 0.3) is 5.69 Å². The number of rotatable bonds is 5. The molecule has 1 atom stereocenters. The van der Waals surface area contributed by atoms with E-state index in [4.69, 9.17) is 11.5 Å². The Bertz CT molecular complexity index is 333. The maximum absolute atomic E-state index is 10.4. The molecular formula is C10H17Cl2N3O2. The predicted octanol–water partition coefficient (Wildman–Crippen LogP) is 1.66. The van der Waals surface area contributed by atoms with Gasteiger partial charge in [-0.15, -0.1) is 24.8 Å². The van der Waals surface area contributed by atoms with Crippen molar-refractivity contribution in [2.75, 3.05) is 6.54 Å². The van der Waals surface area contributed by atoms with Gasteiger partial charge in [0, 0.05) is 24.7 Å². The zero-order chi connectivity index (χ0) is 11.3. The van der Waals surface area contributed by atoms with Crippen LogP contribution in [0.25, 0.3) is 0 Å². The number of benzene rings is 1. The van der Waals surface area contributed by atoms with Crippen LogP contribution < -0.4 is 11.5 Å². The van der Waals surface area contributed by atoms with Crippen LogP contribution in [0.1, 0.15) is 12.0 Å². The Labute approximate surface area is 113 Å². The van der Waals surface area contributed by atoms with Crippen molar-refractivity contribution in [2.45, 2.75) is 18.9 Å². The molecule has 1 aromatic carbocycles. The summed E-state index contributed by atoms with van der Waals surface area (Å²) in [5, 5.41) is 10.4. The number of nitrogens with two attached hydrogens (primary N) is 2. The van der Waals surface area contributed by atoms with Gasteiger partial charge in [0.15, 0.2) is 0 Å². The molecule has 0 aliphatic carbocycles. The third-order valence-corrected chi connectivity index (χ3v) is 2.25. The van der Waals surface area contributed by atoms with Crippen LogP contribution in [0.3, 0.4) is 0 Å². The number of aryl methyl sites for hydroxylation is 1. The molecule has 0 saturated heterocycles. The normalized spacial score (nSPS) is 10.9. The van der Waals surface area contributed by atoms with Crippen molar-refractivity contribution in [1.29, 1.82) is 0 Å². The quantitative estimate of drug-likeness (QED) is 0.634. The third kappa shape index (κ3) is 6.43. The Kier molecular flexibility index (Phi) is 9.98. The Morgan fingerprint density at radius 1 is 1.24 bits per heavy atom. The molecule has 1 aromatic rings. The van der Waals surface area contributed by atoms with Gasteiger partial charge < -0.3 is 11.5 Å². The summed E-state index contributed by atoms with van der Waals surface area (Å²) in [7, 11) is 0. The van der Waals surface area contributed by atoms with Gasteiger partial charge in [0.2, 0.25) is 0 Å². The Morgan fingerprint density at radius 2 is 1.76 bits per heavy atom. The van der Waals surface area contributed by atoms with E-state index in [9.17, 15) is 10.1 Å². The predicted molar refractivity (Wildman–Crippen MR) is 72.9 cm³/mol. The first kappa shape index (κ1) is 18.5. The summed E-state index contributed by atoms with van der Waals surface area (Å²) < 4.78 is 0. The highest BCUT2D eigenvalue weighted by Crippen LogP contribution is 2.13. The molecule has 0 bridgehead atoms. The lowest BCUT2D eigenvalue weighted by Gasteiger charge is -2.07. The summed E-state index contributed by atoms with van der Waals surface area (Å²) in [6.45, 7) is 0.465. The molecular weight excluding hydrogens is 265 g/mol. The molecule has 0 radical (unpaired) electrons. The van der Waals surface area contributed by atoms with E-state index >= 15 is 0 Å². The molecule has 7 heteroatoms. The topological polar surface area (TPSA) is 95.2 Å². The van der Waals surface area contributed by atoms with Crippen LogP contribution >= 0.6 is 24.8 Å². The summed E-state index contributed by atoms with van der Waals surface area (Å²) >= 11 is 0. The molecule has 0 fully saturated rings. The fourth-order valence-electron chi connectivity index (χ4n) is 1.25. The summed E-state index contributed by atoms with van der Waals surface area (Å²) in [4.78, 5) is 9.99. The van der Waals surface area contributed by atoms with Crippen molar-refractivity contribution < 1.29 is 4.92 Å². The van der Waals surface area contributed by atoms with Crippen molar-refractivity contribution in [3.63, 3.8) is 0 Å². The highest BCUT2D eigenvalue weighted by molar-refractivity contribution is 5.85. The summed E-state index contributed by atoms with van der Waals surface area (Å²) in [6, 6.07) is 6.51. The van der Waals surface area contributed by atoms with E-state index < -0.39 is 4.92 Å². The first-order valence-electron chi connectivity index (χ1n) is 4.82. The van der Waals surface area contributed by atoms with E-state index in [2.05, 4.69) is 0 Å². The number of hydrogen-bond acceptors (Lipinski definition) is 4. The van der Waals surface area contributed by atoms with E-state index in [0.717, 1.165) is 18.4 Å². The molecule has 1 unspecified atom stereocenters. The van der Waals surface area contributed by atoms with Crippen LogP contribution in [-0.2, 0) is 6.42 Å². The second-order valence-corrected chi connectivity index (χ2v) is 3.46.